The van der Waals surface area contributed by atoms with Crippen LogP contribution in [0.25, 0.3) is 21.8 Å². The minimum Gasteiger partial charge on any atom is -0.395 e. The number of aliphatic hydroxyl groups is 1. The highest BCUT2D eigenvalue weighted by atomic mass is 16.3. The molecule has 130 valence electrons. The molecular formula is C20H17N3O3. The van der Waals surface area contributed by atoms with Crippen molar-refractivity contribution in [3.8, 4) is 0 Å². The van der Waals surface area contributed by atoms with Gasteiger partial charge in [0, 0.05) is 18.9 Å². The Balaban J connectivity index is 1.90. The first-order valence-corrected chi connectivity index (χ1v) is 8.35. The van der Waals surface area contributed by atoms with Gasteiger partial charge in [-0.1, -0.05) is 30.3 Å². The Bertz CT molecular complexity index is 1210. The van der Waals surface area contributed by atoms with Gasteiger partial charge in [0.25, 0.3) is 11.1 Å². The lowest BCUT2D eigenvalue weighted by Gasteiger charge is -2.09. The van der Waals surface area contributed by atoms with Crippen LogP contribution >= 0.6 is 0 Å². The fourth-order valence-corrected chi connectivity index (χ4v) is 3.09. The summed E-state index contributed by atoms with van der Waals surface area (Å²) in [6.45, 7) is 0.535. The Hall–Kier alpha value is -3.25. The summed E-state index contributed by atoms with van der Waals surface area (Å²) in [6, 6.07) is 14.8. The summed E-state index contributed by atoms with van der Waals surface area (Å²) in [5.41, 5.74) is 1.68. The number of benzene rings is 1. The average molecular weight is 347 g/mol. The lowest BCUT2D eigenvalue weighted by molar-refractivity contribution is 0.274. The molecule has 0 spiro atoms. The summed E-state index contributed by atoms with van der Waals surface area (Å²) in [4.78, 5) is 29.9. The van der Waals surface area contributed by atoms with Gasteiger partial charge in [0.1, 0.15) is 0 Å². The highest BCUT2D eigenvalue weighted by molar-refractivity contribution is 5.91. The monoisotopic (exact) mass is 347 g/mol. The fourth-order valence-electron chi connectivity index (χ4n) is 3.09. The van der Waals surface area contributed by atoms with E-state index >= 15 is 0 Å². The van der Waals surface area contributed by atoms with Gasteiger partial charge < -0.3 is 14.2 Å². The van der Waals surface area contributed by atoms with Crippen molar-refractivity contribution in [3.63, 3.8) is 0 Å². The molecule has 1 aromatic carbocycles. The maximum absolute atomic E-state index is 12.9. The molecule has 4 aromatic rings. The predicted octanol–water partition coefficient (Wildman–Crippen LogP) is 1.75. The van der Waals surface area contributed by atoms with Crippen LogP contribution in [0.1, 0.15) is 5.56 Å². The third-order valence-corrected chi connectivity index (χ3v) is 4.43. The second-order valence-corrected chi connectivity index (χ2v) is 6.13. The topological polar surface area (TPSA) is 77.1 Å². The molecule has 26 heavy (non-hydrogen) atoms. The van der Waals surface area contributed by atoms with Gasteiger partial charge in [0.05, 0.1) is 35.0 Å². The van der Waals surface area contributed by atoms with Crippen molar-refractivity contribution >= 4 is 21.8 Å². The molecule has 4 rings (SSSR count). The van der Waals surface area contributed by atoms with E-state index in [2.05, 4.69) is 4.98 Å². The first-order valence-electron chi connectivity index (χ1n) is 8.35. The molecule has 0 atom stereocenters. The summed E-state index contributed by atoms with van der Waals surface area (Å²) in [7, 11) is 0. The largest absolute Gasteiger partial charge is 0.395 e. The summed E-state index contributed by atoms with van der Waals surface area (Å²) >= 11 is 0. The van der Waals surface area contributed by atoms with Gasteiger partial charge in [0.2, 0.25) is 0 Å². The van der Waals surface area contributed by atoms with Crippen LogP contribution in [-0.2, 0) is 13.1 Å². The number of rotatable bonds is 4. The van der Waals surface area contributed by atoms with Crippen molar-refractivity contribution in [2.45, 2.75) is 13.1 Å². The minimum absolute atomic E-state index is 0.129. The van der Waals surface area contributed by atoms with Crippen LogP contribution in [-0.4, -0.2) is 25.8 Å². The van der Waals surface area contributed by atoms with Gasteiger partial charge in [0.15, 0.2) is 0 Å². The van der Waals surface area contributed by atoms with Crippen molar-refractivity contribution in [1.82, 2.24) is 14.1 Å². The molecule has 0 saturated heterocycles. The average Bonchev–Trinajstić information content (AvgIpc) is 2.67. The van der Waals surface area contributed by atoms with Gasteiger partial charge in [-0.15, -0.1) is 0 Å². The molecule has 6 heteroatoms. The molecule has 0 bridgehead atoms. The van der Waals surface area contributed by atoms with Gasteiger partial charge in [-0.3, -0.25) is 9.59 Å². The van der Waals surface area contributed by atoms with Crippen LogP contribution in [0.2, 0.25) is 0 Å². The standard InChI is InChI=1S/C20H17N3O3/c24-11-10-22-8-6-17-15(19(22)25)12-16-18(21-17)7-9-23(20(16)26)13-14-4-2-1-3-5-14/h1-9,12,24H,10-11,13H2. The fraction of sp³-hybridized carbons (Fsp3) is 0.150. The highest BCUT2D eigenvalue weighted by Crippen LogP contribution is 2.14. The molecule has 0 radical (unpaired) electrons. The lowest BCUT2D eigenvalue weighted by atomic mass is 10.1. The van der Waals surface area contributed by atoms with E-state index in [0.717, 1.165) is 5.56 Å². The first kappa shape index (κ1) is 16.2. The summed E-state index contributed by atoms with van der Waals surface area (Å²) < 4.78 is 3.03. The third-order valence-electron chi connectivity index (χ3n) is 4.43. The minimum atomic E-state index is -0.260. The number of pyridine rings is 3. The van der Waals surface area contributed by atoms with Gasteiger partial charge in [-0.25, -0.2) is 4.98 Å². The number of fused-ring (bicyclic) bond motifs is 2. The van der Waals surface area contributed by atoms with E-state index in [-0.39, 0.29) is 24.3 Å². The molecule has 0 fully saturated rings. The van der Waals surface area contributed by atoms with E-state index in [0.29, 0.717) is 28.4 Å². The normalized spacial score (nSPS) is 11.3. The number of aromatic nitrogens is 3. The number of nitrogens with zero attached hydrogens (tertiary/aromatic N) is 3. The molecule has 0 amide bonds. The van der Waals surface area contributed by atoms with Crippen molar-refractivity contribution in [3.05, 3.63) is 87.2 Å². The van der Waals surface area contributed by atoms with E-state index in [1.807, 2.05) is 30.3 Å². The third kappa shape index (κ3) is 2.80. The van der Waals surface area contributed by atoms with Crippen LogP contribution in [0, 0.1) is 0 Å². The molecule has 0 unspecified atom stereocenters. The van der Waals surface area contributed by atoms with E-state index in [9.17, 15) is 9.59 Å². The number of aliphatic hydroxyl groups excluding tert-OH is 1. The van der Waals surface area contributed by atoms with Crippen LogP contribution in [0.15, 0.2) is 70.5 Å². The molecule has 0 aliphatic rings. The lowest BCUT2D eigenvalue weighted by Crippen LogP contribution is -2.23. The molecular weight excluding hydrogens is 330 g/mol. The first-order chi connectivity index (χ1) is 12.7. The van der Waals surface area contributed by atoms with E-state index < -0.39 is 0 Å². The van der Waals surface area contributed by atoms with Crippen LogP contribution in [0.3, 0.4) is 0 Å². The van der Waals surface area contributed by atoms with E-state index in [1.165, 1.54) is 4.57 Å². The van der Waals surface area contributed by atoms with Crippen molar-refractivity contribution in [2.24, 2.45) is 0 Å². The second-order valence-electron chi connectivity index (χ2n) is 6.13. The Morgan fingerprint density at radius 1 is 0.846 bits per heavy atom. The highest BCUT2D eigenvalue weighted by Gasteiger charge is 2.10. The zero-order valence-electron chi connectivity index (χ0n) is 14.0. The van der Waals surface area contributed by atoms with Crippen molar-refractivity contribution < 1.29 is 5.11 Å². The molecule has 0 aliphatic carbocycles. The summed E-state index contributed by atoms with van der Waals surface area (Å²) in [6.07, 6.45) is 3.33. The number of hydrogen-bond acceptors (Lipinski definition) is 4. The smallest absolute Gasteiger partial charge is 0.260 e. The zero-order valence-corrected chi connectivity index (χ0v) is 14.0. The SMILES string of the molecule is O=c1c2cc3c(=O)n(Cc4ccccc4)ccc3nc2ccn1CCO. The van der Waals surface area contributed by atoms with Crippen LogP contribution in [0.4, 0.5) is 0 Å². The van der Waals surface area contributed by atoms with Crippen LogP contribution in [0.5, 0.6) is 0 Å². The Labute approximate surface area is 148 Å². The predicted molar refractivity (Wildman–Crippen MR) is 100 cm³/mol. The molecule has 0 aliphatic heterocycles. The van der Waals surface area contributed by atoms with Gasteiger partial charge in [-0.05, 0) is 23.8 Å². The summed E-state index contributed by atoms with van der Waals surface area (Å²) in [5.74, 6) is 0. The molecule has 3 aromatic heterocycles. The van der Waals surface area contributed by atoms with E-state index in [1.54, 1.807) is 35.2 Å². The Morgan fingerprint density at radius 2 is 1.46 bits per heavy atom. The van der Waals surface area contributed by atoms with Gasteiger partial charge in [-0.2, -0.15) is 0 Å². The molecule has 1 N–H and O–H groups in total. The zero-order chi connectivity index (χ0) is 18.1. The molecule has 3 heterocycles. The van der Waals surface area contributed by atoms with E-state index in [4.69, 9.17) is 5.11 Å². The molecule has 6 nitrogen and oxygen atoms in total. The maximum atomic E-state index is 12.9. The quantitative estimate of drug-likeness (QED) is 0.571. The number of hydrogen-bond donors (Lipinski definition) is 1. The second kappa shape index (κ2) is 6.57. The maximum Gasteiger partial charge on any atom is 0.260 e. The van der Waals surface area contributed by atoms with Crippen LogP contribution < -0.4 is 11.1 Å². The van der Waals surface area contributed by atoms with Crippen molar-refractivity contribution in [2.75, 3.05) is 6.61 Å². The summed E-state index contributed by atoms with van der Waals surface area (Å²) in [5, 5.41) is 9.87. The molecule has 0 saturated carbocycles. The van der Waals surface area contributed by atoms with Gasteiger partial charge >= 0.3 is 0 Å². The Morgan fingerprint density at radius 3 is 2.12 bits per heavy atom. The van der Waals surface area contributed by atoms with Crippen molar-refractivity contribution in [1.29, 1.82) is 0 Å². The Kier molecular flexibility index (Phi) is 4.10.